The molecule has 0 aliphatic carbocycles. The van der Waals surface area contributed by atoms with Crippen molar-refractivity contribution < 1.29 is 23.9 Å². The van der Waals surface area contributed by atoms with E-state index in [9.17, 15) is 14.9 Å². The number of benzene rings is 1. The van der Waals surface area contributed by atoms with E-state index in [1.165, 1.54) is 26.4 Å². The molecule has 2 rings (SSSR count). The molecule has 0 atom stereocenters. The molecule has 0 amide bonds. The molecule has 1 aromatic carbocycles. The molecule has 0 aliphatic heterocycles. The van der Waals surface area contributed by atoms with E-state index in [-0.39, 0.29) is 16.5 Å². The van der Waals surface area contributed by atoms with Crippen molar-refractivity contribution in [3.05, 3.63) is 50.9 Å². The zero-order valence-electron chi connectivity index (χ0n) is 11.9. The van der Waals surface area contributed by atoms with Crippen LogP contribution in [0.3, 0.4) is 0 Å². The minimum Gasteiger partial charge on any atom is -0.497 e. The normalized spacial score (nSPS) is 10.1. The quantitative estimate of drug-likeness (QED) is 0.461. The molecule has 1 aromatic heterocycles. The van der Waals surface area contributed by atoms with Crippen LogP contribution in [-0.4, -0.2) is 25.1 Å². The van der Waals surface area contributed by atoms with Crippen LogP contribution in [0.4, 0.5) is 5.00 Å². The topological polar surface area (TPSA) is 87.9 Å². The predicted octanol–water partition coefficient (Wildman–Crippen LogP) is 3.03. The standard InChI is InChI=1S/C14H13NO6S/c1-19-10-3-4-11(20-2)9(7-10)8-21-14(16)12-5-6-13(22-12)15(17)18/h3-7H,8H2,1-2H3. The van der Waals surface area contributed by atoms with Crippen LogP contribution < -0.4 is 9.47 Å². The van der Waals surface area contributed by atoms with Gasteiger partial charge >= 0.3 is 11.0 Å². The number of nitrogens with zero attached hydrogens (tertiary/aromatic N) is 1. The number of esters is 1. The van der Waals surface area contributed by atoms with Gasteiger partial charge in [0.1, 0.15) is 23.0 Å². The highest BCUT2D eigenvalue weighted by Gasteiger charge is 2.17. The maximum Gasteiger partial charge on any atom is 0.348 e. The lowest BCUT2D eigenvalue weighted by atomic mass is 10.2. The van der Waals surface area contributed by atoms with E-state index in [0.717, 1.165) is 11.3 Å². The number of thiophene rings is 1. The van der Waals surface area contributed by atoms with Gasteiger partial charge in [-0.3, -0.25) is 10.1 Å². The van der Waals surface area contributed by atoms with Gasteiger partial charge in [0, 0.05) is 11.6 Å². The fraction of sp³-hybridized carbons (Fsp3) is 0.214. The van der Waals surface area contributed by atoms with Crippen LogP contribution >= 0.6 is 11.3 Å². The average Bonchev–Trinajstić information content (AvgIpc) is 3.02. The Labute approximate surface area is 130 Å². The molecular formula is C14H13NO6S. The predicted molar refractivity (Wildman–Crippen MR) is 79.6 cm³/mol. The first-order valence-electron chi connectivity index (χ1n) is 6.17. The molecule has 0 spiro atoms. The lowest BCUT2D eigenvalue weighted by molar-refractivity contribution is -0.380. The summed E-state index contributed by atoms with van der Waals surface area (Å²) >= 11 is 0.772. The van der Waals surface area contributed by atoms with Crippen LogP contribution in [0, 0.1) is 10.1 Å². The van der Waals surface area contributed by atoms with Gasteiger partial charge < -0.3 is 14.2 Å². The minimum atomic E-state index is -0.622. The molecule has 0 saturated heterocycles. The van der Waals surface area contributed by atoms with Crippen molar-refractivity contribution in [1.29, 1.82) is 0 Å². The van der Waals surface area contributed by atoms with Crippen molar-refractivity contribution in [2.24, 2.45) is 0 Å². The molecule has 0 N–H and O–H groups in total. The Bertz CT molecular complexity index is 696. The molecule has 7 nitrogen and oxygen atoms in total. The largest absolute Gasteiger partial charge is 0.497 e. The Morgan fingerprint density at radius 3 is 2.59 bits per heavy atom. The highest BCUT2D eigenvalue weighted by molar-refractivity contribution is 7.17. The summed E-state index contributed by atoms with van der Waals surface area (Å²) in [6, 6.07) is 7.77. The average molecular weight is 323 g/mol. The van der Waals surface area contributed by atoms with Crippen LogP contribution in [0.2, 0.25) is 0 Å². The number of hydrogen-bond donors (Lipinski definition) is 0. The molecule has 0 saturated carbocycles. The van der Waals surface area contributed by atoms with Crippen molar-refractivity contribution in [2.75, 3.05) is 14.2 Å². The number of hydrogen-bond acceptors (Lipinski definition) is 7. The van der Waals surface area contributed by atoms with Gasteiger partial charge in [-0.2, -0.15) is 0 Å². The first kappa shape index (κ1) is 15.8. The van der Waals surface area contributed by atoms with Gasteiger partial charge in [0.05, 0.1) is 19.1 Å². The molecule has 0 radical (unpaired) electrons. The summed E-state index contributed by atoms with van der Waals surface area (Å²) in [5.41, 5.74) is 0.640. The third kappa shape index (κ3) is 3.53. The maximum absolute atomic E-state index is 11.9. The Hall–Kier alpha value is -2.61. The molecule has 1 heterocycles. The van der Waals surface area contributed by atoms with Crippen molar-refractivity contribution in [3.8, 4) is 11.5 Å². The summed E-state index contributed by atoms with van der Waals surface area (Å²) in [6.45, 7) is -0.0229. The minimum absolute atomic E-state index is 0.0229. The third-order valence-electron chi connectivity index (χ3n) is 2.82. The molecule has 22 heavy (non-hydrogen) atoms. The highest BCUT2D eigenvalue weighted by atomic mass is 32.1. The van der Waals surface area contributed by atoms with E-state index < -0.39 is 10.9 Å². The number of rotatable bonds is 6. The van der Waals surface area contributed by atoms with Gasteiger partial charge in [-0.15, -0.1) is 0 Å². The van der Waals surface area contributed by atoms with Gasteiger partial charge in [-0.05, 0) is 24.3 Å². The SMILES string of the molecule is COc1ccc(OC)c(COC(=O)c2ccc([N+](=O)[O-])s2)c1. The summed E-state index contributed by atoms with van der Waals surface area (Å²) in [6.07, 6.45) is 0. The van der Waals surface area contributed by atoms with Crippen molar-refractivity contribution in [2.45, 2.75) is 6.61 Å². The van der Waals surface area contributed by atoms with Crippen molar-refractivity contribution in [3.63, 3.8) is 0 Å². The monoisotopic (exact) mass is 323 g/mol. The lowest BCUT2D eigenvalue weighted by Crippen LogP contribution is -2.04. The van der Waals surface area contributed by atoms with E-state index in [1.807, 2.05) is 0 Å². The first-order valence-corrected chi connectivity index (χ1v) is 6.99. The second-order valence-electron chi connectivity index (χ2n) is 4.15. The molecule has 0 fully saturated rings. The summed E-state index contributed by atoms with van der Waals surface area (Å²) in [4.78, 5) is 22.1. The van der Waals surface area contributed by atoms with Crippen molar-refractivity contribution >= 4 is 22.3 Å². The third-order valence-corrected chi connectivity index (χ3v) is 3.84. The van der Waals surface area contributed by atoms with Crippen LogP contribution in [0.5, 0.6) is 11.5 Å². The van der Waals surface area contributed by atoms with Crippen LogP contribution in [0.15, 0.2) is 30.3 Å². The molecule has 0 aliphatic rings. The molecule has 8 heteroatoms. The molecule has 0 bridgehead atoms. The van der Waals surface area contributed by atoms with E-state index >= 15 is 0 Å². The number of ether oxygens (including phenoxy) is 3. The van der Waals surface area contributed by atoms with Crippen LogP contribution in [0.1, 0.15) is 15.2 Å². The highest BCUT2D eigenvalue weighted by Crippen LogP contribution is 2.27. The summed E-state index contributed by atoms with van der Waals surface area (Å²) in [5.74, 6) is 0.548. The van der Waals surface area contributed by atoms with E-state index in [1.54, 1.807) is 18.2 Å². The number of carbonyl (C=O) groups excluding carboxylic acids is 1. The zero-order valence-corrected chi connectivity index (χ0v) is 12.7. The Morgan fingerprint density at radius 1 is 1.23 bits per heavy atom. The Kier molecular flexibility index (Phi) is 4.95. The lowest BCUT2D eigenvalue weighted by Gasteiger charge is -2.10. The smallest absolute Gasteiger partial charge is 0.348 e. The molecule has 2 aromatic rings. The zero-order chi connectivity index (χ0) is 16.1. The molecule has 116 valence electrons. The van der Waals surface area contributed by atoms with Crippen molar-refractivity contribution in [1.82, 2.24) is 0 Å². The van der Waals surface area contributed by atoms with Crippen LogP contribution in [0.25, 0.3) is 0 Å². The number of nitro groups is 1. The van der Waals surface area contributed by atoms with Crippen LogP contribution in [-0.2, 0) is 11.3 Å². The van der Waals surface area contributed by atoms with Gasteiger partial charge in [0.25, 0.3) is 0 Å². The maximum atomic E-state index is 11.9. The number of methoxy groups -OCH3 is 2. The van der Waals surface area contributed by atoms with E-state index in [0.29, 0.717) is 17.1 Å². The van der Waals surface area contributed by atoms with E-state index in [2.05, 4.69) is 0 Å². The summed E-state index contributed by atoms with van der Waals surface area (Å²) < 4.78 is 15.5. The van der Waals surface area contributed by atoms with Gasteiger partial charge in [0.15, 0.2) is 0 Å². The number of carbonyl (C=O) groups is 1. The fourth-order valence-corrected chi connectivity index (χ4v) is 2.46. The summed E-state index contributed by atoms with van der Waals surface area (Å²) in [7, 11) is 3.04. The second kappa shape index (κ2) is 6.90. The first-order chi connectivity index (χ1) is 10.5. The fourth-order valence-electron chi connectivity index (χ4n) is 1.74. The van der Waals surface area contributed by atoms with E-state index in [4.69, 9.17) is 14.2 Å². The Balaban J connectivity index is 2.08. The Morgan fingerprint density at radius 2 is 2.00 bits per heavy atom. The molecular weight excluding hydrogens is 310 g/mol. The molecule has 0 unspecified atom stereocenters. The second-order valence-corrected chi connectivity index (χ2v) is 5.21. The van der Waals surface area contributed by atoms with Gasteiger partial charge in [0.2, 0.25) is 0 Å². The summed E-state index contributed by atoms with van der Waals surface area (Å²) in [5, 5.41) is 10.5. The van der Waals surface area contributed by atoms with Gasteiger partial charge in [-0.1, -0.05) is 11.3 Å². The van der Waals surface area contributed by atoms with Gasteiger partial charge in [-0.25, -0.2) is 4.79 Å².